The van der Waals surface area contributed by atoms with E-state index in [0.29, 0.717) is 17.1 Å². The molecule has 50 heavy (non-hydrogen) atoms. The van der Waals surface area contributed by atoms with Crippen LogP contribution in [0.3, 0.4) is 0 Å². The van der Waals surface area contributed by atoms with Gasteiger partial charge in [0, 0.05) is 5.57 Å². The molecular formula is C33H26Li2N8O6S. The van der Waals surface area contributed by atoms with Crippen molar-refractivity contribution in [3.63, 3.8) is 0 Å². The van der Waals surface area contributed by atoms with Gasteiger partial charge in [-0.15, -0.1) is 10.2 Å². The number of anilines is 3. The molecule has 0 amide bonds. The van der Waals surface area contributed by atoms with Crippen LogP contribution in [0.5, 0.6) is 0 Å². The predicted octanol–water partition coefficient (Wildman–Crippen LogP) is -0.539. The zero-order valence-corrected chi connectivity index (χ0v) is 28.2. The van der Waals surface area contributed by atoms with Crippen LogP contribution in [0.15, 0.2) is 127 Å². The quantitative estimate of drug-likeness (QED) is 0.0392. The fourth-order valence-electron chi connectivity index (χ4n) is 4.50. The van der Waals surface area contributed by atoms with Gasteiger partial charge >= 0.3 is 37.7 Å². The first-order valence-corrected chi connectivity index (χ1v) is 15.5. The second-order valence-electron chi connectivity index (χ2n) is 10.5. The molecule has 0 unspecified atom stereocenters. The molecule has 5 N–H and O–H groups in total. The first-order valence-electron chi connectivity index (χ1n) is 14.1. The van der Waals surface area contributed by atoms with Crippen molar-refractivity contribution in [1.29, 1.82) is 0 Å². The van der Waals surface area contributed by atoms with Crippen LogP contribution < -0.4 is 59.7 Å². The Morgan fingerprint density at radius 2 is 1.40 bits per heavy atom. The maximum absolute atomic E-state index is 11.7. The Kier molecular flexibility index (Phi) is 13.0. The largest absolute Gasteiger partial charge is 1.00 e. The number of allylic oxidation sites excluding steroid dienone is 3. The molecule has 0 aromatic heterocycles. The molecule has 4 aromatic rings. The van der Waals surface area contributed by atoms with E-state index in [1.54, 1.807) is 18.2 Å². The first kappa shape index (κ1) is 39.3. The van der Waals surface area contributed by atoms with Crippen molar-refractivity contribution in [1.82, 2.24) is 0 Å². The van der Waals surface area contributed by atoms with Gasteiger partial charge in [0.1, 0.15) is 21.5 Å². The number of aryl methyl sites for hydroxylation is 2. The molecule has 0 spiro atoms. The number of hydrogen-bond acceptors (Lipinski definition) is 14. The van der Waals surface area contributed by atoms with Crippen LogP contribution in [0.4, 0.5) is 39.8 Å². The number of nitrogens with zero attached hydrogens (tertiary/aromatic N) is 5. The molecule has 1 aliphatic carbocycles. The van der Waals surface area contributed by atoms with Crippen molar-refractivity contribution in [3.8, 4) is 11.1 Å². The monoisotopic (exact) mass is 676 g/mol. The number of carbonyl (C=O) groups excluding carboxylic acids is 2. The van der Waals surface area contributed by atoms with Gasteiger partial charge in [0.05, 0.1) is 45.0 Å². The van der Waals surface area contributed by atoms with E-state index in [1.807, 2.05) is 44.2 Å². The van der Waals surface area contributed by atoms with Crippen LogP contribution in [0.1, 0.15) is 11.1 Å². The van der Waals surface area contributed by atoms with E-state index in [9.17, 15) is 27.7 Å². The molecule has 242 valence electrons. The van der Waals surface area contributed by atoms with Gasteiger partial charge in [0.2, 0.25) is 0 Å². The maximum Gasteiger partial charge on any atom is 1.00 e. The summed E-state index contributed by atoms with van der Waals surface area (Å²) in [5.74, 6) is -2.21. The minimum absolute atomic E-state index is 0. The molecule has 5 rings (SSSR count). The summed E-state index contributed by atoms with van der Waals surface area (Å²) in [5, 5.41) is 32.1. The van der Waals surface area contributed by atoms with Gasteiger partial charge < -0.3 is 25.9 Å². The summed E-state index contributed by atoms with van der Waals surface area (Å²) in [5.41, 5.74) is 21.1. The van der Waals surface area contributed by atoms with Crippen LogP contribution in [-0.4, -0.2) is 30.4 Å². The number of nitrogens with two attached hydrogens (primary N) is 2. The number of azo groups is 2. The van der Waals surface area contributed by atoms with Crippen molar-refractivity contribution in [2.75, 3.05) is 16.9 Å². The molecule has 0 heterocycles. The molecule has 0 bridgehead atoms. The number of carbonyl (C=O) groups is 2. The number of rotatable bonds is 9. The number of carboxylic acid groups (broad SMARTS) is 1. The van der Waals surface area contributed by atoms with E-state index < -0.39 is 27.4 Å². The number of carboxylic acids is 1. The standard InChI is InChI=1S/C33H28N8O6S.2Li/c1-18-15-20(3-11-27(18)38-37-23-7-14-30(42)25(17-23)33(43)44)21-4-12-28(19(2)16-21)39-41-32-26(34)10-13-29(31(32)35)40-36-22-5-8-24(9-6-22)48(45,46)47;;/h3-17,38H,34-35H2,1-2H3,(H,43,44)(H,45,46,47);;/q;2*+1/p-2/b37-23-,40-36?,41-39?;;. The minimum atomic E-state index is -4.58. The Balaban J connectivity index is 0.00000338. The summed E-state index contributed by atoms with van der Waals surface area (Å²) in [7, 11) is -4.58. The molecule has 0 radical (unpaired) electrons. The fourth-order valence-corrected chi connectivity index (χ4v) is 4.97. The Labute approximate surface area is 311 Å². The molecule has 17 heteroatoms. The van der Waals surface area contributed by atoms with Crippen molar-refractivity contribution in [3.05, 3.63) is 108 Å². The van der Waals surface area contributed by atoms with Crippen LogP contribution in [0.25, 0.3) is 11.1 Å². The van der Waals surface area contributed by atoms with Gasteiger partial charge in [-0.1, -0.05) is 12.1 Å². The third-order valence-corrected chi connectivity index (χ3v) is 7.98. The average molecular weight is 677 g/mol. The molecule has 4 aromatic carbocycles. The van der Waals surface area contributed by atoms with Crippen molar-refractivity contribution in [2.24, 2.45) is 25.6 Å². The summed E-state index contributed by atoms with van der Waals surface area (Å²) in [6.07, 6.45) is 3.69. The Morgan fingerprint density at radius 3 is 2.02 bits per heavy atom. The van der Waals surface area contributed by atoms with Gasteiger partial charge in [-0.3, -0.25) is 10.2 Å². The minimum Gasteiger partial charge on any atom is -0.744 e. The van der Waals surface area contributed by atoms with E-state index in [2.05, 4.69) is 31.0 Å². The van der Waals surface area contributed by atoms with Crippen molar-refractivity contribution >= 4 is 67.4 Å². The normalized spacial score (nSPS) is 13.6. The second kappa shape index (κ2) is 16.5. The van der Waals surface area contributed by atoms with Crippen LogP contribution in [-0.2, 0) is 19.7 Å². The number of benzene rings is 4. The van der Waals surface area contributed by atoms with Crippen molar-refractivity contribution < 1.29 is 65.4 Å². The predicted molar refractivity (Wildman–Crippen MR) is 178 cm³/mol. The number of ketones is 1. The number of nitrogens with one attached hydrogen (secondary N) is 1. The topological polar surface area (TPSA) is 240 Å². The van der Waals surface area contributed by atoms with Crippen LogP contribution >= 0.6 is 0 Å². The van der Waals surface area contributed by atoms with Crippen LogP contribution in [0, 0.1) is 13.8 Å². The third-order valence-electron chi connectivity index (χ3n) is 7.13. The molecule has 14 nitrogen and oxygen atoms in total. The molecule has 1 aliphatic rings. The second-order valence-corrected chi connectivity index (χ2v) is 11.9. The zero-order valence-electron chi connectivity index (χ0n) is 27.4. The summed E-state index contributed by atoms with van der Waals surface area (Å²) < 4.78 is 33.4. The van der Waals surface area contributed by atoms with Gasteiger partial charge in [-0.2, -0.15) is 15.3 Å². The summed E-state index contributed by atoms with van der Waals surface area (Å²) in [6.45, 7) is 3.78. The number of hydrazone groups is 1. The molecule has 0 saturated heterocycles. The Bertz CT molecular complexity index is 2240. The number of aliphatic carboxylic acids is 1. The first-order chi connectivity index (χ1) is 22.8. The van der Waals surface area contributed by atoms with E-state index >= 15 is 0 Å². The molecular weight excluding hydrogens is 650 g/mol. The SMILES string of the molecule is Cc1cc(-c2ccc(N/N=C3/C=CC(=O)C(C(=O)[O-])=C3)c(C)c2)ccc1N=Nc1c(N)ccc(N=Nc2ccc(S(=O)(=O)[O-])cc2)c1N.[Li+].[Li+]. The number of hydrogen-bond donors (Lipinski definition) is 3. The van der Waals surface area contributed by atoms with Gasteiger partial charge in [-0.25, -0.2) is 8.42 Å². The zero-order chi connectivity index (χ0) is 34.6. The molecule has 0 atom stereocenters. The van der Waals surface area contributed by atoms with E-state index in [4.69, 9.17) is 11.5 Å². The smallest absolute Gasteiger partial charge is 0.744 e. The summed E-state index contributed by atoms with van der Waals surface area (Å²) in [4.78, 5) is 22.4. The maximum atomic E-state index is 11.7. The number of nitrogen functional groups attached to an aromatic ring is 2. The molecule has 0 saturated carbocycles. The third kappa shape index (κ3) is 9.31. The fraction of sp³-hybridized carbons (Fsp3) is 0.0606. The Hall–Kier alpha value is -5.13. The summed E-state index contributed by atoms with van der Waals surface area (Å²) >= 11 is 0. The van der Waals surface area contributed by atoms with E-state index in [-0.39, 0.29) is 71.1 Å². The van der Waals surface area contributed by atoms with E-state index in [0.717, 1.165) is 46.5 Å². The molecule has 0 fully saturated rings. The average Bonchev–Trinajstić information content (AvgIpc) is 3.04. The van der Waals surface area contributed by atoms with E-state index in [1.165, 1.54) is 18.2 Å². The molecule has 0 aliphatic heterocycles. The Morgan fingerprint density at radius 1 is 0.780 bits per heavy atom. The summed E-state index contributed by atoms with van der Waals surface area (Å²) in [6, 6.07) is 19.4. The van der Waals surface area contributed by atoms with Crippen molar-refractivity contribution in [2.45, 2.75) is 18.7 Å². The van der Waals surface area contributed by atoms with Gasteiger partial charge in [0.15, 0.2) is 5.78 Å². The van der Waals surface area contributed by atoms with Crippen LogP contribution in [0.2, 0.25) is 0 Å². The van der Waals surface area contributed by atoms with Gasteiger partial charge in [0.25, 0.3) is 0 Å². The van der Waals surface area contributed by atoms with Gasteiger partial charge in [-0.05, 0) is 115 Å².